The average molecular weight is 249 g/mol. The van der Waals surface area contributed by atoms with Gasteiger partial charge in [0, 0.05) is 5.56 Å². The number of nitrogens with zero attached hydrogens (tertiary/aromatic N) is 4. The molecule has 3 aromatic heterocycles. The van der Waals surface area contributed by atoms with E-state index in [1.54, 1.807) is 23.1 Å². The Bertz CT molecular complexity index is 687. The van der Waals surface area contributed by atoms with Crippen molar-refractivity contribution in [1.82, 2.24) is 19.8 Å². The van der Waals surface area contributed by atoms with Gasteiger partial charge in [-0.1, -0.05) is 11.6 Å². The zero-order valence-electron chi connectivity index (χ0n) is 9.31. The van der Waals surface area contributed by atoms with E-state index in [0.717, 1.165) is 16.7 Å². The van der Waals surface area contributed by atoms with Gasteiger partial charge in [0.15, 0.2) is 16.6 Å². The van der Waals surface area contributed by atoms with Crippen LogP contribution in [0, 0.1) is 13.8 Å². The van der Waals surface area contributed by atoms with Crippen LogP contribution in [0.2, 0.25) is 5.15 Å². The maximum Gasteiger partial charge on any atom is 0.188 e. The van der Waals surface area contributed by atoms with E-state index in [-0.39, 0.29) is 0 Å². The van der Waals surface area contributed by atoms with E-state index in [1.807, 2.05) is 13.8 Å². The van der Waals surface area contributed by atoms with Crippen molar-refractivity contribution in [3.63, 3.8) is 0 Å². The summed E-state index contributed by atoms with van der Waals surface area (Å²) in [5.74, 6) is 0.624. The van der Waals surface area contributed by atoms with E-state index in [9.17, 15) is 0 Å². The van der Waals surface area contributed by atoms with Crippen LogP contribution in [0.15, 0.2) is 23.0 Å². The van der Waals surface area contributed by atoms with E-state index in [2.05, 4.69) is 15.3 Å². The fourth-order valence-corrected chi connectivity index (χ4v) is 1.88. The minimum atomic E-state index is 0.458. The first-order valence-electron chi connectivity index (χ1n) is 5.09. The van der Waals surface area contributed by atoms with Gasteiger partial charge >= 0.3 is 0 Å². The van der Waals surface area contributed by atoms with Crippen LogP contribution in [0.1, 0.15) is 11.1 Å². The fourth-order valence-electron chi connectivity index (χ4n) is 1.67. The Labute approximate surface area is 102 Å². The van der Waals surface area contributed by atoms with Crippen LogP contribution < -0.4 is 0 Å². The van der Waals surface area contributed by atoms with Gasteiger partial charge in [0.25, 0.3) is 0 Å². The Morgan fingerprint density at radius 3 is 2.76 bits per heavy atom. The van der Waals surface area contributed by atoms with E-state index >= 15 is 0 Å². The molecule has 17 heavy (non-hydrogen) atoms. The molecule has 0 aliphatic heterocycles. The van der Waals surface area contributed by atoms with Crippen molar-refractivity contribution in [2.45, 2.75) is 13.8 Å². The van der Waals surface area contributed by atoms with Crippen LogP contribution >= 0.6 is 11.6 Å². The van der Waals surface area contributed by atoms with Crippen LogP contribution in [0.25, 0.3) is 17.0 Å². The molecule has 3 rings (SSSR count). The molecule has 0 aromatic carbocycles. The molecule has 0 N–H and O–H groups in total. The minimum Gasteiger partial charge on any atom is -0.472 e. The van der Waals surface area contributed by atoms with Crippen LogP contribution in [0.5, 0.6) is 0 Å². The second-order valence-corrected chi connectivity index (χ2v) is 4.17. The first kappa shape index (κ1) is 10.3. The van der Waals surface area contributed by atoms with Crippen molar-refractivity contribution in [3.8, 4) is 11.4 Å². The third-order valence-electron chi connectivity index (χ3n) is 2.82. The van der Waals surface area contributed by atoms with Gasteiger partial charge < -0.3 is 4.42 Å². The van der Waals surface area contributed by atoms with Gasteiger partial charge in [0.2, 0.25) is 0 Å². The lowest BCUT2D eigenvalue weighted by Crippen LogP contribution is -1.99. The quantitative estimate of drug-likeness (QED) is 0.664. The predicted molar refractivity (Wildman–Crippen MR) is 63.0 cm³/mol. The molecule has 0 spiro atoms. The molecule has 0 amide bonds. The number of hydrogen-bond acceptors (Lipinski definition) is 4. The normalized spacial score (nSPS) is 11.2. The first-order chi connectivity index (χ1) is 8.18. The Balaban J connectivity index is 2.37. The summed E-state index contributed by atoms with van der Waals surface area (Å²) < 4.78 is 6.66. The minimum absolute atomic E-state index is 0.458. The van der Waals surface area contributed by atoms with E-state index in [1.165, 1.54) is 0 Å². The van der Waals surface area contributed by atoms with Crippen LogP contribution in [-0.4, -0.2) is 19.8 Å². The molecule has 0 unspecified atom stereocenters. The standard InChI is InChI=1S/C11H9ClN4O/c1-6-7(2)10-13-14-11(8-3-4-17-5-8)16(10)15-9(6)12/h3-5H,1-2H3. The first-order valence-corrected chi connectivity index (χ1v) is 5.47. The summed E-state index contributed by atoms with van der Waals surface area (Å²) in [4.78, 5) is 0. The summed E-state index contributed by atoms with van der Waals surface area (Å²) >= 11 is 6.07. The number of fused-ring (bicyclic) bond motifs is 1. The van der Waals surface area contributed by atoms with Crippen molar-refractivity contribution in [2.75, 3.05) is 0 Å². The second kappa shape index (κ2) is 3.56. The number of halogens is 1. The highest BCUT2D eigenvalue weighted by molar-refractivity contribution is 6.30. The van der Waals surface area contributed by atoms with Gasteiger partial charge in [-0.05, 0) is 25.5 Å². The largest absolute Gasteiger partial charge is 0.472 e. The van der Waals surface area contributed by atoms with Crippen LogP contribution in [0.3, 0.4) is 0 Å². The Morgan fingerprint density at radius 2 is 2.06 bits per heavy atom. The highest BCUT2D eigenvalue weighted by Gasteiger charge is 2.15. The van der Waals surface area contributed by atoms with Crippen LogP contribution in [0.4, 0.5) is 0 Å². The van der Waals surface area contributed by atoms with Crippen LogP contribution in [-0.2, 0) is 0 Å². The summed E-state index contributed by atoms with van der Waals surface area (Å²) in [6.07, 6.45) is 3.18. The molecule has 5 nitrogen and oxygen atoms in total. The SMILES string of the molecule is Cc1c(Cl)nn2c(-c3ccoc3)nnc2c1C. The smallest absolute Gasteiger partial charge is 0.188 e. The molecule has 0 aliphatic rings. The van der Waals surface area contributed by atoms with Crippen molar-refractivity contribution in [3.05, 3.63) is 34.9 Å². The van der Waals surface area contributed by atoms with Crippen molar-refractivity contribution >= 4 is 17.2 Å². The highest BCUT2D eigenvalue weighted by Crippen LogP contribution is 2.23. The Morgan fingerprint density at radius 1 is 1.24 bits per heavy atom. The van der Waals surface area contributed by atoms with E-state index in [0.29, 0.717) is 16.6 Å². The van der Waals surface area contributed by atoms with E-state index in [4.69, 9.17) is 16.0 Å². The maximum absolute atomic E-state index is 6.07. The lowest BCUT2D eigenvalue weighted by molar-refractivity contribution is 0.567. The number of furan rings is 1. The van der Waals surface area contributed by atoms with Gasteiger partial charge in [0.1, 0.15) is 6.26 Å². The molecule has 0 atom stereocenters. The lowest BCUT2D eigenvalue weighted by atomic mass is 10.2. The second-order valence-electron chi connectivity index (χ2n) is 3.81. The molecule has 0 radical (unpaired) electrons. The number of rotatable bonds is 1. The van der Waals surface area contributed by atoms with Gasteiger partial charge in [-0.15, -0.1) is 10.2 Å². The zero-order valence-corrected chi connectivity index (χ0v) is 10.1. The Hall–Kier alpha value is -1.88. The van der Waals surface area contributed by atoms with E-state index < -0.39 is 0 Å². The average Bonchev–Trinajstić information content (AvgIpc) is 2.93. The monoisotopic (exact) mass is 248 g/mol. The molecule has 0 fully saturated rings. The third-order valence-corrected chi connectivity index (χ3v) is 3.17. The topological polar surface area (TPSA) is 56.2 Å². The van der Waals surface area contributed by atoms with Gasteiger partial charge in [-0.25, -0.2) is 0 Å². The Kier molecular flexibility index (Phi) is 2.16. The van der Waals surface area contributed by atoms with Gasteiger partial charge in [-0.3, -0.25) is 0 Å². The number of aryl methyl sites for hydroxylation is 1. The zero-order chi connectivity index (χ0) is 12.0. The maximum atomic E-state index is 6.07. The number of aromatic nitrogens is 4. The van der Waals surface area contributed by atoms with Crippen molar-refractivity contribution in [2.24, 2.45) is 0 Å². The molecule has 3 heterocycles. The summed E-state index contributed by atoms with van der Waals surface area (Å²) in [5, 5.41) is 13.0. The van der Waals surface area contributed by atoms with Gasteiger partial charge in [0.05, 0.1) is 11.8 Å². The lowest BCUT2D eigenvalue weighted by Gasteiger charge is -2.03. The van der Waals surface area contributed by atoms with Crippen molar-refractivity contribution in [1.29, 1.82) is 0 Å². The molecule has 3 aromatic rings. The highest BCUT2D eigenvalue weighted by atomic mass is 35.5. The molecule has 86 valence electrons. The summed E-state index contributed by atoms with van der Waals surface area (Å²) in [6, 6.07) is 1.81. The molecular weight excluding hydrogens is 240 g/mol. The molecular formula is C11H9ClN4O. The molecule has 0 aliphatic carbocycles. The summed E-state index contributed by atoms with van der Waals surface area (Å²) in [6.45, 7) is 3.86. The third kappa shape index (κ3) is 1.43. The molecule has 0 bridgehead atoms. The molecule has 0 saturated carbocycles. The molecule has 6 heteroatoms. The molecule has 0 saturated heterocycles. The fraction of sp³-hybridized carbons (Fsp3) is 0.182. The predicted octanol–water partition coefficient (Wildman–Crippen LogP) is 2.65. The van der Waals surface area contributed by atoms with Gasteiger partial charge in [-0.2, -0.15) is 9.61 Å². The van der Waals surface area contributed by atoms with Crippen molar-refractivity contribution < 1.29 is 4.42 Å². The number of hydrogen-bond donors (Lipinski definition) is 0. The summed E-state index contributed by atoms with van der Waals surface area (Å²) in [7, 11) is 0. The summed E-state index contributed by atoms with van der Waals surface area (Å²) in [5.41, 5.74) is 3.44.